The second kappa shape index (κ2) is 13.6. The predicted octanol–water partition coefficient (Wildman–Crippen LogP) is 6.92. The number of nitriles is 1. The Bertz CT molecular complexity index is 1290. The lowest BCUT2D eigenvalue weighted by Crippen LogP contribution is -2.36. The van der Waals surface area contributed by atoms with Crippen LogP contribution in [0.1, 0.15) is 54.0 Å². The number of fused-ring (bicyclic) bond motifs is 1. The molecular weight excluding hydrogens is 508 g/mol. The summed E-state index contributed by atoms with van der Waals surface area (Å²) in [5, 5.41) is 20.3. The largest absolute Gasteiger partial charge is 0.504 e. The van der Waals surface area contributed by atoms with Crippen LogP contribution in [0, 0.1) is 18.3 Å². The lowest BCUT2D eigenvalue weighted by atomic mass is 9.87. The highest BCUT2D eigenvalue weighted by molar-refractivity contribution is 8.00. The number of ether oxygens (including phenoxy) is 3. The van der Waals surface area contributed by atoms with E-state index >= 15 is 0 Å². The Labute approximate surface area is 236 Å². The van der Waals surface area contributed by atoms with E-state index in [0.717, 1.165) is 61.2 Å². The van der Waals surface area contributed by atoms with Gasteiger partial charge in [0.25, 0.3) is 0 Å². The summed E-state index contributed by atoms with van der Waals surface area (Å²) in [6.07, 6.45) is 4.88. The lowest BCUT2D eigenvalue weighted by molar-refractivity contribution is 0.207. The molecule has 1 N–H and O–H groups in total. The van der Waals surface area contributed by atoms with Crippen molar-refractivity contribution in [3.63, 3.8) is 0 Å². The Hall–Kier alpha value is -3.34. The number of thioether (sulfide) groups is 1. The van der Waals surface area contributed by atoms with Gasteiger partial charge in [-0.1, -0.05) is 36.6 Å². The molecule has 0 aliphatic carbocycles. The molecule has 1 aliphatic heterocycles. The van der Waals surface area contributed by atoms with Crippen molar-refractivity contribution in [1.29, 1.82) is 5.26 Å². The highest BCUT2D eigenvalue weighted by atomic mass is 32.2. The van der Waals surface area contributed by atoms with Crippen molar-refractivity contribution in [3.05, 3.63) is 76.9 Å². The molecule has 0 bridgehead atoms. The van der Waals surface area contributed by atoms with Gasteiger partial charge in [0.05, 0.1) is 38.7 Å². The molecule has 0 saturated carbocycles. The lowest BCUT2D eigenvalue weighted by Gasteiger charge is -2.38. The zero-order chi connectivity index (χ0) is 27.8. The Morgan fingerprint density at radius 2 is 1.69 bits per heavy atom. The first kappa shape index (κ1) is 28.7. The molecule has 4 rings (SSSR count). The van der Waals surface area contributed by atoms with E-state index in [9.17, 15) is 10.4 Å². The molecule has 2 unspecified atom stereocenters. The quantitative estimate of drug-likeness (QED) is 0.195. The average Bonchev–Trinajstić information content (AvgIpc) is 2.96. The standard InChI is InChI=1S/C32H38N2O4S/c1-22-9-12-25(13-10-22)39-26(21-33)8-6-5-7-16-34-17-15-23-18-30(37-3)28(35)20-27(23)32(34)24-11-14-29(36-2)31(19-24)38-4/h9-14,18-20,26,32,35H,5-8,15-17H2,1-4H3. The Balaban J connectivity index is 1.44. The molecule has 0 radical (unpaired) electrons. The Morgan fingerprint density at radius 1 is 0.949 bits per heavy atom. The molecule has 0 spiro atoms. The number of hydrogen-bond acceptors (Lipinski definition) is 7. The number of unbranched alkanes of at least 4 members (excludes halogenated alkanes) is 2. The third kappa shape index (κ3) is 7.00. The average molecular weight is 547 g/mol. The van der Waals surface area contributed by atoms with Crippen LogP contribution in [0.4, 0.5) is 0 Å². The van der Waals surface area contributed by atoms with E-state index in [2.05, 4.69) is 48.2 Å². The third-order valence-electron chi connectivity index (χ3n) is 7.35. The first-order valence-corrected chi connectivity index (χ1v) is 14.3. The van der Waals surface area contributed by atoms with Gasteiger partial charge in [0, 0.05) is 11.4 Å². The molecule has 39 heavy (non-hydrogen) atoms. The summed E-state index contributed by atoms with van der Waals surface area (Å²) in [6.45, 7) is 3.91. The van der Waals surface area contributed by atoms with Gasteiger partial charge in [0.2, 0.25) is 0 Å². The molecule has 0 fully saturated rings. The monoisotopic (exact) mass is 546 g/mol. The van der Waals surface area contributed by atoms with E-state index in [0.29, 0.717) is 17.2 Å². The van der Waals surface area contributed by atoms with Crippen LogP contribution in [0.2, 0.25) is 0 Å². The van der Waals surface area contributed by atoms with Crippen LogP contribution in [0.25, 0.3) is 0 Å². The molecule has 2 atom stereocenters. The Kier molecular flexibility index (Phi) is 10.0. The SMILES string of the molecule is COc1cc2c(cc1O)C(c1ccc(OC)c(OC)c1)N(CCCCCC(C#N)Sc1ccc(C)cc1)CC2. The number of phenols is 1. The van der Waals surface area contributed by atoms with Crippen LogP contribution in [-0.4, -0.2) is 49.7 Å². The number of rotatable bonds is 12. The second-order valence-corrected chi connectivity index (χ2v) is 11.2. The van der Waals surface area contributed by atoms with Gasteiger partial charge in [-0.15, -0.1) is 11.8 Å². The maximum atomic E-state index is 10.6. The molecule has 0 amide bonds. The van der Waals surface area contributed by atoms with Gasteiger partial charge in [-0.05, 0) is 85.8 Å². The van der Waals surface area contributed by atoms with Crippen LogP contribution >= 0.6 is 11.8 Å². The van der Waals surface area contributed by atoms with Crippen LogP contribution in [0.5, 0.6) is 23.0 Å². The van der Waals surface area contributed by atoms with Crippen molar-refractivity contribution in [1.82, 2.24) is 4.90 Å². The summed E-state index contributed by atoms with van der Waals surface area (Å²) in [5.74, 6) is 2.03. The summed E-state index contributed by atoms with van der Waals surface area (Å²) < 4.78 is 16.5. The van der Waals surface area contributed by atoms with Crippen molar-refractivity contribution >= 4 is 11.8 Å². The minimum absolute atomic E-state index is 0.0192. The zero-order valence-corrected chi connectivity index (χ0v) is 24.1. The first-order valence-electron chi connectivity index (χ1n) is 13.5. The number of hydrogen-bond donors (Lipinski definition) is 1. The fourth-order valence-electron chi connectivity index (χ4n) is 5.26. The summed E-state index contributed by atoms with van der Waals surface area (Å²) in [5.41, 5.74) is 4.60. The zero-order valence-electron chi connectivity index (χ0n) is 23.3. The number of phenolic OH excluding ortho intramolecular Hbond substituents is 1. The molecule has 206 valence electrons. The highest BCUT2D eigenvalue weighted by Gasteiger charge is 2.30. The topological polar surface area (TPSA) is 75.0 Å². The highest BCUT2D eigenvalue weighted by Crippen LogP contribution is 2.42. The van der Waals surface area contributed by atoms with Gasteiger partial charge in [-0.3, -0.25) is 4.90 Å². The van der Waals surface area contributed by atoms with Crippen LogP contribution in [0.3, 0.4) is 0 Å². The molecule has 7 heteroatoms. The number of nitrogens with zero attached hydrogens (tertiary/aromatic N) is 2. The normalized spacial score (nSPS) is 15.7. The van der Waals surface area contributed by atoms with Crippen molar-refractivity contribution < 1.29 is 19.3 Å². The fraction of sp³-hybridized carbons (Fsp3) is 0.406. The number of aromatic hydroxyl groups is 1. The van der Waals surface area contributed by atoms with Gasteiger partial charge >= 0.3 is 0 Å². The van der Waals surface area contributed by atoms with E-state index in [1.54, 1.807) is 33.1 Å². The molecule has 1 heterocycles. The van der Waals surface area contributed by atoms with E-state index in [1.165, 1.54) is 11.1 Å². The maximum absolute atomic E-state index is 10.6. The molecule has 0 aromatic heterocycles. The van der Waals surface area contributed by atoms with E-state index in [-0.39, 0.29) is 17.0 Å². The molecule has 0 saturated heterocycles. The minimum Gasteiger partial charge on any atom is -0.504 e. The number of methoxy groups -OCH3 is 3. The van der Waals surface area contributed by atoms with Crippen molar-refractivity contribution in [3.8, 4) is 29.1 Å². The van der Waals surface area contributed by atoms with Crippen LogP contribution in [0.15, 0.2) is 59.5 Å². The molecule has 3 aromatic carbocycles. The summed E-state index contributed by atoms with van der Waals surface area (Å²) in [4.78, 5) is 3.63. The van der Waals surface area contributed by atoms with Crippen molar-refractivity contribution in [2.24, 2.45) is 0 Å². The predicted molar refractivity (Wildman–Crippen MR) is 156 cm³/mol. The van der Waals surface area contributed by atoms with Crippen molar-refractivity contribution in [2.75, 3.05) is 34.4 Å². The van der Waals surface area contributed by atoms with Gasteiger partial charge in [-0.25, -0.2) is 0 Å². The molecule has 6 nitrogen and oxygen atoms in total. The smallest absolute Gasteiger partial charge is 0.161 e. The van der Waals surface area contributed by atoms with Crippen molar-refractivity contribution in [2.45, 2.75) is 55.2 Å². The van der Waals surface area contributed by atoms with Crippen LogP contribution in [-0.2, 0) is 6.42 Å². The molecule has 1 aliphatic rings. The van der Waals surface area contributed by atoms with E-state index < -0.39 is 0 Å². The summed E-state index contributed by atoms with van der Waals surface area (Å²) in [7, 11) is 4.87. The van der Waals surface area contributed by atoms with Gasteiger partial charge in [0.1, 0.15) is 0 Å². The van der Waals surface area contributed by atoms with Gasteiger partial charge in [0.15, 0.2) is 23.0 Å². The minimum atomic E-state index is -0.0352. The first-order chi connectivity index (χ1) is 19.0. The Morgan fingerprint density at radius 3 is 2.38 bits per heavy atom. The number of benzene rings is 3. The third-order valence-corrected chi connectivity index (χ3v) is 8.52. The summed E-state index contributed by atoms with van der Waals surface area (Å²) in [6, 6.07) is 20.7. The fourth-order valence-corrected chi connectivity index (χ4v) is 6.22. The number of aryl methyl sites for hydroxylation is 1. The maximum Gasteiger partial charge on any atom is 0.161 e. The van der Waals surface area contributed by atoms with Gasteiger partial charge < -0.3 is 19.3 Å². The van der Waals surface area contributed by atoms with E-state index in [1.807, 2.05) is 24.3 Å². The molecule has 3 aromatic rings. The van der Waals surface area contributed by atoms with Gasteiger partial charge in [-0.2, -0.15) is 5.26 Å². The molecular formula is C32H38N2O4S. The van der Waals surface area contributed by atoms with E-state index in [4.69, 9.17) is 14.2 Å². The van der Waals surface area contributed by atoms with Crippen LogP contribution < -0.4 is 14.2 Å². The summed E-state index contributed by atoms with van der Waals surface area (Å²) >= 11 is 1.66. The second-order valence-electron chi connectivity index (χ2n) is 9.92.